The Morgan fingerprint density at radius 1 is 1.50 bits per heavy atom. The van der Waals surface area contributed by atoms with Crippen LogP contribution >= 0.6 is 38.2 Å². The molecule has 0 fully saturated rings. The fourth-order valence-electron chi connectivity index (χ4n) is 0. The Labute approximate surface area is 49.1 Å². The molecule has 0 unspecified atom stereocenters. The molecular weight excluding hydrogens is 393 g/mol. The second-order valence-electron chi connectivity index (χ2n) is 0.136. The summed E-state index contributed by atoms with van der Waals surface area (Å²) in [5.41, 5.74) is 0. The van der Waals surface area contributed by atoms with Crippen LogP contribution in [0.2, 0.25) is 0 Å². The van der Waals surface area contributed by atoms with Gasteiger partial charge in [0, 0.05) is 0 Å². The zero-order valence-electron chi connectivity index (χ0n) is 1.45. The molecular formula is Cl2IPt. The summed E-state index contributed by atoms with van der Waals surface area (Å²) in [5.74, 6) is 0. The van der Waals surface area contributed by atoms with Gasteiger partial charge in [-0.25, -0.2) is 0 Å². The third-order valence-corrected chi connectivity index (χ3v) is 0. The molecule has 0 N–H and O–H groups in total. The Kier molecular flexibility index (Phi) is 4.80. The number of rotatable bonds is 0. The second kappa shape index (κ2) is 3.20. The maximum absolute atomic E-state index is 5.18. The van der Waals surface area contributed by atoms with Gasteiger partial charge in [0.2, 0.25) is 0 Å². The first-order chi connectivity index (χ1) is 1.73. The summed E-state index contributed by atoms with van der Waals surface area (Å²) in [6, 6.07) is 0. The van der Waals surface area contributed by atoms with Gasteiger partial charge in [-0.05, 0) is 0 Å². The number of hydrogen-bond donors (Lipinski definition) is 0. The van der Waals surface area contributed by atoms with Crippen LogP contribution in [0.3, 0.4) is 0 Å². The summed E-state index contributed by atoms with van der Waals surface area (Å²) < 4.78 is 0. The molecule has 0 atom stereocenters. The Hall–Kier alpha value is 2.00. The van der Waals surface area contributed by atoms with Gasteiger partial charge >= 0.3 is 49.7 Å². The van der Waals surface area contributed by atoms with Crippen LogP contribution in [0.4, 0.5) is 0 Å². The van der Waals surface area contributed by atoms with Gasteiger partial charge in [0.1, 0.15) is 0 Å². The van der Waals surface area contributed by atoms with Crippen LogP contribution in [-0.2, 0) is 11.5 Å². The topological polar surface area (TPSA) is 0 Å². The Balaban J connectivity index is 2.32. The maximum atomic E-state index is 5.18. The Bertz CT molecular complexity index is 10.8. The molecule has 0 amide bonds. The van der Waals surface area contributed by atoms with Gasteiger partial charge in [0.25, 0.3) is 0 Å². The van der Waals surface area contributed by atoms with E-state index in [-0.39, 0.29) is 0 Å². The molecule has 0 saturated heterocycles. The normalized spacial score (nSPS) is 11.2. The third kappa shape index (κ3) is 9.00. The standard InChI is InChI=1S/2ClH.HI.Pt/h3*1H;/q;;;+3/p-3. The fraction of sp³-hybridized carbons (Fsp3) is 0. The van der Waals surface area contributed by atoms with Crippen molar-refractivity contribution >= 4 is 38.2 Å². The van der Waals surface area contributed by atoms with Crippen molar-refractivity contribution in [3.8, 4) is 0 Å². The second-order valence-corrected chi connectivity index (χ2v) is 18.2. The minimum atomic E-state index is -1.35. The van der Waals surface area contributed by atoms with Gasteiger partial charge in [0.15, 0.2) is 0 Å². The summed E-state index contributed by atoms with van der Waals surface area (Å²) in [4.78, 5) is 0. The van der Waals surface area contributed by atoms with E-state index in [1.54, 1.807) is 0 Å². The monoisotopic (exact) mass is 392 g/mol. The Morgan fingerprint density at radius 2 is 1.50 bits per heavy atom. The quantitative estimate of drug-likeness (QED) is 0.555. The fourth-order valence-corrected chi connectivity index (χ4v) is 0. The molecule has 0 aromatic carbocycles. The first-order valence-electron chi connectivity index (χ1n) is 0.359. The van der Waals surface area contributed by atoms with Crippen molar-refractivity contribution in [3.05, 3.63) is 0 Å². The first-order valence-corrected chi connectivity index (χ1v) is 12.4. The van der Waals surface area contributed by atoms with Crippen molar-refractivity contribution in [2.24, 2.45) is 0 Å². The van der Waals surface area contributed by atoms with E-state index >= 15 is 0 Å². The molecule has 0 aromatic heterocycles. The van der Waals surface area contributed by atoms with Gasteiger partial charge in [-0.15, -0.1) is 0 Å². The van der Waals surface area contributed by atoms with Crippen molar-refractivity contribution in [2.75, 3.05) is 0 Å². The van der Waals surface area contributed by atoms with E-state index < -0.39 is 11.5 Å². The average Bonchev–Trinajstić information content (AvgIpc) is 0.811. The molecule has 0 rings (SSSR count). The van der Waals surface area contributed by atoms with Crippen molar-refractivity contribution < 1.29 is 11.5 Å². The molecule has 0 bridgehead atoms. The molecule has 0 radical (unpaired) electrons. The molecule has 0 nitrogen and oxygen atoms in total. The van der Waals surface area contributed by atoms with Crippen molar-refractivity contribution in [3.63, 3.8) is 0 Å². The summed E-state index contributed by atoms with van der Waals surface area (Å²) >= 11 is 0.678. The van der Waals surface area contributed by atoms with Crippen LogP contribution in [0.1, 0.15) is 0 Å². The van der Waals surface area contributed by atoms with Gasteiger partial charge in [-0.2, -0.15) is 0 Å². The molecule has 4 heteroatoms. The van der Waals surface area contributed by atoms with Gasteiger partial charge in [-0.1, -0.05) is 0 Å². The van der Waals surface area contributed by atoms with E-state index in [4.69, 9.17) is 18.8 Å². The van der Waals surface area contributed by atoms with Gasteiger partial charge in [0.05, 0.1) is 0 Å². The molecule has 0 aromatic rings. The minimum absolute atomic E-state index is 1.35. The SMILES string of the molecule is [Cl][Pt]([Cl])[I]. The van der Waals surface area contributed by atoms with E-state index in [0.29, 0.717) is 0 Å². The van der Waals surface area contributed by atoms with Crippen molar-refractivity contribution in [1.29, 1.82) is 0 Å². The molecule has 0 aliphatic carbocycles. The molecule has 0 aliphatic heterocycles. The van der Waals surface area contributed by atoms with E-state index in [2.05, 4.69) is 0 Å². The van der Waals surface area contributed by atoms with E-state index in [0.717, 1.165) is 0 Å². The van der Waals surface area contributed by atoms with Crippen LogP contribution in [0.15, 0.2) is 0 Å². The van der Waals surface area contributed by atoms with Gasteiger partial charge < -0.3 is 0 Å². The van der Waals surface area contributed by atoms with Crippen molar-refractivity contribution in [2.45, 2.75) is 0 Å². The summed E-state index contributed by atoms with van der Waals surface area (Å²) in [6.45, 7) is 0. The zero-order chi connectivity index (χ0) is 3.58. The van der Waals surface area contributed by atoms with E-state index in [1.807, 2.05) is 19.4 Å². The predicted octanol–water partition coefficient (Wildman–Crippen LogP) is 2.26. The van der Waals surface area contributed by atoms with Crippen molar-refractivity contribution in [1.82, 2.24) is 0 Å². The molecule has 0 aliphatic rings. The summed E-state index contributed by atoms with van der Waals surface area (Å²) in [7, 11) is 10.4. The van der Waals surface area contributed by atoms with E-state index in [9.17, 15) is 0 Å². The molecule has 0 saturated carbocycles. The number of halogens is 3. The predicted molar refractivity (Wildman–Crippen MR) is 25.7 cm³/mol. The molecule has 0 spiro atoms. The first kappa shape index (κ1) is 6.00. The van der Waals surface area contributed by atoms with Crippen LogP contribution < -0.4 is 0 Å². The third-order valence-electron chi connectivity index (χ3n) is 0. The molecule has 0 heterocycles. The van der Waals surface area contributed by atoms with Crippen LogP contribution in [0.5, 0.6) is 0 Å². The Morgan fingerprint density at radius 3 is 1.50 bits per heavy atom. The summed E-state index contributed by atoms with van der Waals surface area (Å²) in [6.07, 6.45) is 0. The zero-order valence-corrected chi connectivity index (χ0v) is 7.39. The van der Waals surface area contributed by atoms with E-state index in [1.165, 1.54) is 0 Å². The van der Waals surface area contributed by atoms with Crippen LogP contribution in [0, 0.1) is 0 Å². The summed E-state index contributed by atoms with van der Waals surface area (Å²) in [5, 5.41) is 0. The van der Waals surface area contributed by atoms with Gasteiger partial charge in [-0.3, -0.25) is 0 Å². The average molecular weight is 393 g/mol. The van der Waals surface area contributed by atoms with Crippen LogP contribution in [0.25, 0.3) is 0 Å². The molecule has 31 valence electrons. The number of hydrogen-bond acceptors (Lipinski definition) is 0. The molecule has 4 heavy (non-hydrogen) atoms. The van der Waals surface area contributed by atoms with Crippen LogP contribution in [-0.4, -0.2) is 0 Å².